The van der Waals surface area contributed by atoms with Crippen LogP contribution in [0.25, 0.3) is 6.08 Å². The summed E-state index contributed by atoms with van der Waals surface area (Å²) in [5, 5.41) is 13.9. The van der Waals surface area contributed by atoms with E-state index >= 15 is 0 Å². The van der Waals surface area contributed by atoms with Gasteiger partial charge in [0.1, 0.15) is 5.70 Å². The minimum Gasteiger partial charge on any atom is -0.328 e. The number of rotatable bonds is 4. The fraction of sp³-hybridized carbons (Fsp3) is 0.286. The molecule has 1 saturated heterocycles. The smallest absolute Gasteiger partial charge is 0.276 e. The number of nitrogens with one attached hydrogen (secondary N) is 1. The Morgan fingerprint density at radius 3 is 2.52 bits per heavy atom. The van der Waals surface area contributed by atoms with E-state index in [9.17, 15) is 14.9 Å². The fourth-order valence-electron chi connectivity index (χ4n) is 1.96. The van der Waals surface area contributed by atoms with Crippen LogP contribution in [-0.2, 0) is 4.79 Å². The zero-order valence-corrected chi connectivity index (χ0v) is 12.5. The lowest BCUT2D eigenvalue weighted by Crippen LogP contribution is -2.33. The average molecular weight is 305 g/mol. The summed E-state index contributed by atoms with van der Waals surface area (Å²) < 4.78 is 0. The molecule has 1 aromatic carbocycles. The van der Waals surface area contributed by atoms with Gasteiger partial charge in [0.05, 0.1) is 4.92 Å². The van der Waals surface area contributed by atoms with Crippen LogP contribution in [0, 0.1) is 16.0 Å². The number of amides is 1. The average Bonchev–Trinajstić information content (AvgIpc) is 2.67. The van der Waals surface area contributed by atoms with Crippen LogP contribution < -0.4 is 5.32 Å². The molecule has 1 aliphatic rings. The Balaban J connectivity index is 2.20. The minimum atomic E-state index is -0.463. The molecule has 0 aliphatic carbocycles. The fourth-order valence-corrected chi connectivity index (χ4v) is 2.23. The number of thiocarbonyl (C=S) groups is 1. The number of non-ortho nitro benzene ring substituents is 1. The van der Waals surface area contributed by atoms with Crippen molar-refractivity contribution in [2.75, 3.05) is 6.54 Å². The van der Waals surface area contributed by atoms with Gasteiger partial charge in [-0.3, -0.25) is 19.8 Å². The van der Waals surface area contributed by atoms with E-state index in [-0.39, 0.29) is 11.6 Å². The van der Waals surface area contributed by atoms with Crippen LogP contribution in [-0.4, -0.2) is 27.4 Å². The highest BCUT2D eigenvalue weighted by atomic mass is 32.1. The Hall–Kier alpha value is -2.28. The molecule has 1 aromatic rings. The number of nitrogens with zero attached hydrogens (tertiary/aromatic N) is 2. The standard InChI is InChI=1S/C14H15N3O3S/c1-9(2)8-16-13(18)12(15-14(16)21)7-10-3-5-11(6-4-10)17(19)20/h3-7,9H,8H2,1-2H3,(H,15,21)/b12-7+. The van der Waals surface area contributed by atoms with Crippen molar-refractivity contribution in [1.29, 1.82) is 0 Å². The van der Waals surface area contributed by atoms with E-state index in [1.165, 1.54) is 17.0 Å². The Morgan fingerprint density at radius 1 is 1.38 bits per heavy atom. The number of hydrogen-bond acceptors (Lipinski definition) is 4. The van der Waals surface area contributed by atoms with Crippen LogP contribution in [0.1, 0.15) is 19.4 Å². The Labute approximate surface area is 127 Å². The van der Waals surface area contributed by atoms with Gasteiger partial charge in [-0.15, -0.1) is 0 Å². The van der Waals surface area contributed by atoms with Crippen LogP contribution in [0.15, 0.2) is 30.0 Å². The molecule has 7 heteroatoms. The third kappa shape index (κ3) is 3.43. The molecule has 0 spiro atoms. The zero-order valence-electron chi connectivity index (χ0n) is 11.7. The van der Waals surface area contributed by atoms with Gasteiger partial charge in [-0.05, 0) is 41.9 Å². The van der Waals surface area contributed by atoms with E-state index in [4.69, 9.17) is 12.2 Å². The summed E-state index contributed by atoms with van der Waals surface area (Å²) in [7, 11) is 0. The van der Waals surface area contributed by atoms with Gasteiger partial charge in [0, 0.05) is 18.7 Å². The van der Waals surface area contributed by atoms with Crippen molar-refractivity contribution in [1.82, 2.24) is 10.2 Å². The first-order valence-electron chi connectivity index (χ1n) is 6.47. The number of hydrogen-bond donors (Lipinski definition) is 1. The van der Waals surface area contributed by atoms with Crippen molar-refractivity contribution < 1.29 is 9.72 Å². The second-order valence-electron chi connectivity index (χ2n) is 5.15. The summed E-state index contributed by atoms with van der Waals surface area (Å²) in [6.07, 6.45) is 1.64. The molecule has 2 rings (SSSR count). The van der Waals surface area contributed by atoms with E-state index in [0.29, 0.717) is 28.8 Å². The summed E-state index contributed by atoms with van der Waals surface area (Å²) in [5.74, 6) is 0.138. The SMILES string of the molecule is CC(C)CN1C(=O)/C(=C\c2ccc([N+](=O)[O-])cc2)NC1=S. The first-order valence-corrected chi connectivity index (χ1v) is 6.88. The molecule has 6 nitrogen and oxygen atoms in total. The second-order valence-corrected chi connectivity index (χ2v) is 5.53. The van der Waals surface area contributed by atoms with Crippen molar-refractivity contribution in [3.05, 3.63) is 45.6 Å². The maximum Gasteiger partial charge on any atom is 0.276 e. The molecule has 0 saturated carbocycles. The third-order valence-electron chi connectivity index (χ3n) is 2.92. The highest BCUT2D eigenvalue weighted by Crippen LogP contribution is 2.18. The summed E-state index contributed by atoms with van der Waals surface area (Å²) in [5.41, 5.74) is 1.10. The van der Waals surface area contributed by atoms with E-state index < -0.39 is 4.92 Å². The van der Waals surface area contributed by atoms with Gasteiger partial charge in [0.2, 0.25) is 0 Å². The molecule has 1 fully saturated rings. The van der Waals surface area contributed by atoms with Crippen molar-refractivity contribution in [3.8, 4) is 0 Å². The molecule has 21 heavy (non-hydrogen) atoms. The number of carbonyl (C=O) groups excluding carboxylic acids is 1. The molecular weight excluding hydrogens is 290 g/mol. The predicted octanol–water partition coefficient (Wildman–Crippen LogP) is 2.31. The molecule has 0 radical (unpaired) electrons. The lowest BCUT2D eigenvalue weighted by Gasteiger charge is -2.15. The predicted molar refractivity (Wildman–Crippen MR) is 83.4 cm³/mol. The van der Waals surface area contributed by atoms with E-state index in [0.717, 1.165) is 0 Å². The van der Waals surface area contributed by atoms with Crippen molar-refractivity contribution in [2.45, 2.75) is 13.8 Å². The number of nitro groups is 1. The molecule has 1 amide bonds. The molecule has 1 heterocycles. The van der Waals surface area contributed by atoms with Gasteiger partial charge in [0.25, 0.3) is 11.6 Å². The molecule has 0 unspecified atom stereocenters. The van der Waals surface area contributed by atoms with Gasteiger partial charge in [-0.1, -0.05) is 13.8 Å². The first kappa shape index (κ1) is 15.1. The Kier molecular flexibility index (Phi) is 4.32. The lowest BCUT2D eigenvalue weighted by atomic mass is 10.1. The van der Waals surface area contributed by atoms with Gasteiger partial charge in [-0.25, -0.2) is 0 Å². The largest absolute Gasteiger partial charge is 0.328 e. The zero-order chi connectivity index (χ0) is 15.6. The van der Waals surface area contributed by atoms with Crippen molar-refractivity contribution in [2.24, 2.45) is 5.92 Å². The molecule has 1 aliphatic heterocycles. The van der Waals surface area contributed by atoms with Gasteiger partial charge in [-0.2, -0.15) is 0 Å². The molecule has 110 valence electrons. The normalized spacial score (nSPS) is 16.7. The summed E-state index contributed by atoms with van der Waals surface area (Å²) in [4.78, 5) is 23.9. The van der Waals surface area contributed by atoms with Crippen LogP contribution in [0.4, 0.5) is 5.69 Å². The topological polar surface area (TPSA) is 75.5 Å². The lowest BCUT2D eigenvalue weighted by molar-refractivity contribution is -0.384. The Morgan fingerprint density at radius 2 is 2.00 bits per heavy atom. The first-order chi connectivity index (χ1) is 9.88. The molecular formula is C14H15N3O3S. The second kappa shape index (κ2) is 6.01. The summed E-state index contributed by atoms with van der Waals surface area (Å²) >= 11 is 5.15. The third-order valence-corrected chi connectivity index (χ3v) is 3.25. The molecule has 0 aromatic heterocycles. The van der Waals surface area contributed by atoms with E-state index in [1.807, 2.05) is 13.8 Å². The maximum absolute atomic E-state index is 12.2. The van der Waals surface area contributed by atoms with Gasteiger partial charge < -0.3 is 5.32 Å². The number of nitro benzene ring substituents is 1. The van der Waals surface area contributed by atoms with Crippen LogP contribution >= 0.6 is 12.2 Å². The minimum absolute atomic E-state index is 0.0137. The highest BCUT2D eigenvalue weighted by Gasteiger charge is 2.30. The van der Waals surface area contributed by atoms with Gasteiger partial charge in [0.15, 0.2) is 5.11 Å². The monoisotopic (exact) mass is 305 g/mol. The molecule has 1 N–H and O–H groups in total. The molecule has 0 bridgehead atoms. The van der Waals surface area contributed by atoms with E-state index in [2.05, 4.69) is 5.32 Å². The molecule has 0 atom stereocenters. The van der Waals surface area contributed by atoms with Crippen molar-refractivity contribution in [3.63, 3.8) is 0 Å². The van der Waals surface area contributed by atoms with Crippen LogP contribution in [0.2, 0.25) is 0 Å². The van der Waals surface area contributed by atoms with Crippen molar-refractivity contribution >= 4 is 35.0 Å². The summed E-state index contributed by atoms with van der Waals surface area (Å²) in [6.45, 7) is 4.57. The van der Waals surface area contributed by atoms with E-state index in [1.54, 1.807) is 18.2 Å². The number of benzene rings is 1. The quantitative estimate of drug-likeness (QED) is 0.400. The van der Waals surface area contributed by atoms with Gasteiger partial charge >= 0.3 is 0 Å². The number of carbonyl (C=O) groups is 1. The summed E-state index contributed by atoms with van der Waals surface area (Å²) in [6, 6.07) is 5.98. The Bertz CT molecular complexity index is 623. The van der Waals surface area contributed by atoms with Crippen LogP contribution in [0.3, 0.4) is 0 Å². The maximum atomic E-state index is 12.2. The highest BCUT2D eigenvalue weighted by molar-refractivity contribution is 7.80. The van der Waals surface area contributed by atoms with Crippen LogP contribution in [0.5, 0.6) is 0 Å².